The summed E-state index contributed by atoms with van der Waals surface area (Å²) in [6, 6.07) is 8.76. The normalized spacial score (nSPS) is 11.2. The molecule has 1 amide bonds. The molecule has 0 heterocycles. The van der Waals surface area contributed by atoms with Crippen LogP contribution in [0.1, 0.15) is 17.3 Å². The fraction of sp³-hybridized carbons (Fsp3) is 0.133. The largest absolute Gasteiger partial charge is 0.322 e. The van der Waals surface area contributed by atoms with E-state index < -0.39 is 32.9 Å². The summed E-state index contributed by atoms with van der Waals surface area (Å²) in [5.41, 5.74) is -0.144. The van der Waals surface area contributed by atoms with Gasteiger partial charge < -0.3 is 5.32 Å². The van der Waals surface area contributed by atoms with E-state index >= 15 is 0 Å². The number of hydrogen-bond acceptors (Lipinski definition) is 3. The number of nitrogens with one attached hydrogen (secondary N) is 1. The van der Waals surface area contributed by atoms with Crippen LogP contribution in [0.4, 0.5) is 14.5 Å². The molecule has 22 heavy (non-hydrogen) atoms. The minimum atomic E-state index is -3.33. The van der Waals surface area contributed by atoms with Crippen LogP contribution in [0.2, 0.25) is 0 Å². The molecule has 116 valence electrons. The number of carbonyl (C=O) groups excluding carboxylic acids is 1. The van der Waals surface area contributed by atoms with Gasteiger partial charge in [-0.05, 0) is 36.4 Å². The summed E-state index contributed by atoms with van der Waals surface area (Å²) in [5.74, 6) is -3.20. The maximum Gasteiger partial charge on any atom is 0.258 e. The fourth-order valence-corrected chi connectivity index (χ4v) is 2.67. The van der Waals surface area contributed by atoms with Crippen LogP contribution >= 0.6 is 0 Å². The summed E-state index contributed by atoms with van der Waals surface area (Å²) in [6.45, 7) is 1.53. The summed E-state index contributed by atoms with van der Waals surface area (Å²) in [6.07, 6.45) is 0. The molecule has 0 spiro atoms. The Kier molecular flexibility index (Phi) is 4.56. The lowest BCUT2D eigenvalue weighted by Crippen LogP contribution is -2.14. The Morgan fingerprint density at radius 3 is 2.32 bits per heavy atom. The summed E-state index contributed by atoms with van der Waals surface area (Å²) in [7, 11) is -3.33. The van der Waals surface area contributed by atoms with Gasteiger partial charge in [-0.3, -0.25) is 4.79 Å². The molecular formula is C15H13F2NO3S. The van der Waals surface area contributed by atoms with E-state index in [0.29, 0.717) is 0 Å². The Morgan fingerprint density at radius 2 is 1.73 bits per heavy atom. The minimum absolute atomic E-state index is 0.0345. The summed E-state index contributed by atoms with van der Waals surface area (Å²) >= 11 is 0. The van der Waals surface area contributed by atoms with Crippen molar-refractivity contribution in [2.75, 3.05) is 11.1 Å². The number of halogens is 2. The van der Waals surface area contributed by atoms with Crippen LogP contribution in [0.3, 0.4) is 0 Å². The molecule has 0 saturated carbocycles. The van der Waals surface area contributed by atoms with Gasteiger partial charge >= 0.3 is 0 Å². The lowest BCUT2D eigenvalue weighted by atomic mass is 10.2. The third-order valence-corrected chi connectivity index (χ3v) is 4.80. The molecule has 0 aliphatic heterocycles. The Balaban J connectivity index is 2.21. The van der Waals surface area contributed by atoms with Gasteiger partial charge in [-0.1, -0.05) is 13.0 Å². The van der Waals surface area contributed by atoms with Crippen LogP contribution in [0, 0.1) is 11.6 Å². The average Bonchev–Trinajstić information content (AvgIpc) is 2.50. The first-order valence-electron chi connectivity index (χ1n) is 6.43. The number of anilines is 1. The Hall–Kier alpha value is -2.28. The van der Waals surface area contributed by atoms with Crippen LogP contribution in [-0.2, 0) is 9.84 Å². The van der Waals surface area contributed by atoms with Crippen molar-refractivity contribution in [1.29, 1.82) is 0 Å². The third kappa shape index (κ3) is 3.30. The van der Waals surface area contributed by atoms with Crippen molar-refractivity contribution in [2.45, 2.75) is 11.8 Å². The van der Waals surface area contributed by atoms with Gasteiger partial charge in [0.25, 0.3) is 5.91 Å². The third-order valence-electron chi connectivity index (χ3n) is 3.05. The van der Waals surface area contributed by atoms with E-state index in [9.17, 15) is 22.0 Å². The van der Waals surface area contributed by atoms with Crippen molar-refractivity contribution in [2.24, 2.45) is 0 Å². The standard InChI is InChI=1S/C15H13F2NO3S/c1-2-22(20,21)11-8-6-10(7-9-11)18-15(19)12-4-3-5-13(16)14(12)17/h3-9H,2H2,1H3,(H,18,19). The highest BCUT2D eigenvalue weighted by molar-refractivity contribution is 7.91. The van der Waals surface area contributed by atoms with Gasteiger partial charge in [-0.2, -0.15) is 0 Å². The van der Waals surface area contributed by atoms with E-state index in [4.69, 9.17) is 0 Å². The van der Waals surface area contributed by atoms with E-state index in [0.717, 1.165) is 12.1 Å². The molecule has 1 N–H and O–H groups in total. The molecule has 0 aliphatic rings. The topological polar surface area (TPSA) is 63.2 Å². The van der Waals surface area contributed by atoms with Gasteiger partial charge in [-0.15, -0.1) is 0 Å². The van der Waals surface area contributed by atoms with Crippen LogP contribution in [0.5, 0.6) is 0 Å². The first kappa shape index (κ1) is 16.1. The van der Waals surface area contributed by atoms with E-state index in [1.54, 1.807) is 0 Å². The predicted molar refractivity (Wildman–Crippen MR) is 78.5 cm³/mol. The molecule has 0 bridgehead atoms. The van der Waals surface area contributed by atoms with Crippen LogP contribution < -0.4 is 5.32 Å². The SMILES string of the molecule is CCS(=O)(=O)c1ccc(NC(=O)c2cccc(F)c2F)cc1. The quantitative estimate of drug-likeness (QED) is 0.940. The van der Waals surface area contributed by atoms with Gasteiger partial charge in [0, 0.05) is 5.69 Å². The molecule has 0 atom stereocenters. The van der Waals surface area contributed by atoms with Crippen molar-refractivity contribution < 1.29 is 22.0 Å². The second kappa shape index (κ2) is 6.23. The van der Waals surface area contributed by atoms with Crippen molar-refractivity contribution in [3.8, 4) is 0 Å². The molecular weight excluding hydrogens is 312 g/mol. The summed E-state index contributed by atoms with van der Waals surface area (Å²) in [4.78, 5) is 12.0. The maximum absolute atomic E-state index is 13.5. The molecule has 7 heteroatoms. The molecule has 2 aromatic carbocycles. The summed E-state index contributed by atoms with van der Waals surface area (Å²) < 4.78 is 49.9. The van der Waals surface area contributed by atoms with Crippen LogP contribution in [-0.4, -0.2) is 20.1 Å². The zero-order chi connectivity index (χ0) is 16.3. The van der Waals surface area contributed by atoms with Crippen LogP contribution in [0.15, 0.2) is 47.4 Å². The highest BCUT2D eigenvalue weighted by Gasteiger charge is 2.16. The van der Waals surface area contributed by atoms with E-state index in [1.807, 2.05) is 0 Å². The first-order chi connectivity index (χ1) is 10.3. The number of amides is 1. The first-order valence-corrected chi connectivity index (χ1v) is 8.08. The van der Waals surface area contributed by atoms with E-state index in [-0.39, 0.29) is 16.3 Å². The number of sulfone groups is 1. The molecule has 0 aliphatic carbocycles. The van der Waals surface area contributed by atoms with Crippen molar-refractivity contribution in [3.63, 3.8) is 0 Å². The number of hydrogen-bond donors (Lipinski definition) is 1. The van der Waals surface area contributed by atoms with Crippen molar-refractivity contribution in [1.82, 2.24) is 0 Å². The Morgan fingerprint density at radius 1 is 1.09 bits per heavy atom. The second-order valence-corrected chi connectivity index (χ2v) is 6.76. The second-order valence-electron chi connectivity index (χ2n) is 4.48. The van der Waals surface area contributed by atoms with Gasteiger partial charge in [0.2, 0.25) is 0 Å². The maximum atomic E-state index is 13.5. The van der Waals surface area contributed by atoms with Crippen LogP contribution in [0.25, 0.3) is 0 Å². The van der Waals surface area contributed by atoms with Gasteiger partial charge in [0.15, 0.2) is 21.5 Å². The lowest BCUT2D eigenvalue weighted by molar-refractivity contribution is 0.102. The van der Waals surface area contributed by atoms with E-state index in [2.05, 4.69) is 5.32 Å². The van der Waals surface area contributed by atoms with Gasteiger partial charge in [-0.25, -0.2) is 17.2 Å². The Labute approximate surface area is 126 Å². The van der Waals surface area contributed by atoms with Crippen molar-refractivity contribution >= 4 is 21.4 Å². The lowest BCUT2D eigenvalue weighted by Gasteiger charge is -2.07. The zero-order valence-electron chi connectivity index (χ0n) is 11.6. The van der Waals surface area contributed by atoms with Crippen molar-refractivity contribution in [3.05, 3.63) is 59.7 Å². The Bertz CT molecular complexity index is 802. The number of carbonyl (C=O) groups is 1. The van der Waals surface area contributed by atoms with Gasteiger partial charge in [0.05, 0.1) is 16.2 Å². The average molecular weight is 325 g/mol. The minimum Gasteiger partial charge on any atom is -0.322 e. The molecule has 2 aromatic rings. The predicted octanol–water partition coefficient (Wildman–Crippen LogP) is 3.01. The highest BCUT2D eigenvalue weighted by Crippen LogP contribution is 2.17. The smallest absolute Gasteiger partial charge is 0.258 e. The molecule has 0 saturated heterocycles. The zero-order valence-corrected chi connectivity index (χ0v) is 12.5. The number of rotatable bonds is 4. The summed E-state index contributed by atoms with van der Waals surface area (Å²) in [5, 5.41) is 2.38. The van der Waals surface area contributed by atoms with E-state index in [1.165, 1.54) is 37.3 Å². The fourth-order valence-electron chi connectivity index (χ4n) is 1.79. The molecule has 0 aromatic heterocycles. The molecule has 2 rings (SSSR count). The highest BCUT2D eigenvalue weighted by atomic mass is 32.2. The molecule has 0 fully saturated rings. The van der Waals surface area contributed by atoms with Gasteiger partial charge in [0.1, 0.15) is 0 Å². The molecule has 0 radical (unpaired) electrons. The molecule has 4 nitrogen and oxygen atoms in total. The number of benzene rings is 2. The molecule has 0 unspecified atom stereocenters. The monoisotopic (exact) mass is 325 g/mol.